The highest BCUT2D eigenvalue weighted by Crippen LogP contribution is 2.26. The molecule has 5 nitrogen and oxygen atoms in total. The van der Waals surface area contributed by atoms with Gasteiger partial charge in [-0.3, -0.25) is 0 Å². The molecule has 1 heterocycles. The second-order valence-corrected chi connectivity index (χ2v) is 7.79. The van der Waals surface area contributed by atoms with Crippen LogP contribution < -0.4 is 5.32 Å². The van der Waals surface area contributed by atoms with Crippen LogP contribution in [-0.4, -0.2) is 43.9 Å². The number of benzene rings is 1. The number of amides is 2. The Kier molecular flexibility index (Phi) is 4.46. The molecule has 1 atom stereocenters. The maximum absolute atomic E-state index is 12.1. The molecule has 1 N–H and O–H groups in total. The van der Waals surface area contributed by atoms with Gasteiger partial charge in [0.1, 0.15) is 0 Å². The van der Waals surface area contributed by atoms with Crippen molar-refractivity contribution < 1.29 is 13.2 Å². The average molecular weight is 337 g/mol. The van der Waals surface area contributed by atoms with Gasteiger partial charge in [-0.25, -0.2) is 13.2 Å². The van der Waals surface area contributed by atoms with Crippen LogP contribution in [-0.2, 0) is 9.84 Å². The molecule has 1 saturated heterocycles. The third kappa shape index (κ3) is 3.56. The van der Waals surface area contributed by atoms with E-state index in [1.165, 1.54) is 4.90 Å². The van der Waals surface area contributed by atoms with Crippen molar-refractivity contribution in [3.05, 3.63) is 28.2 Å². The van der Waals surface area contributed by atoms with Crippen molar-refractivity contribution in [1.82, 2.24) is 4.90 Å². The van der Waals surface area contributed by atoms with Crippen LogP contribution in [0.25, 0.3) is 0 Å². The van der Waals surface area contributed by atoms with E-state index in [0.717, 1.165) is 0 Å². The number of carbonyl (C=O) groups is 1. The predicted molar refractivity (Wildman–Crippen MR) is 80.3 cm³/mol. The van der Waals surface area contributed by atoms with Gasteiger partial charge in [0, 0.05) is 18.1 Å². The molecule has 8 heteroatoms. The van der Waals surface area contributed by atoms with Crippen LogP contribution in [0.3, 0.4) is 0 Å². The van der Waals surface area contributed by atoms with Crippen LogP contribution in [0, 0.1) is 0 Å². The van der Waals surface area contributed by atoms with E-state index in [2.05, 4.69) is 5.32 Å². The summed E-state index contributed by atoms with van der Waals surface area (Å²) in [5.41, 5.74) is 0.400. The Bertz CT molecular complexity index is 634. The highest BCUT2D eigenvalue weighted by Gasteiger charge is 2.32. The van der Waals surface area contributed by atoms with Crippen LogP contribution in [0.15, 0.2) is 18.2 Å². The molecule has 1 aliphatic rings. The van der Waals surface area contributed by atoms with Crippen molar-refractivity contribution in [2.45, 2.75) is 12.5 Å². The van der Waals surface area contributed by atoms with E-state index >= 15 is 0 Å². The fraction of sp³-hybridized carbons (Fsp3) is 0.417. The standard InChI is InChI=1S/C12H14Cl2N2O3S/c1-16(9-4-5-20(18,19)7-9)12(17)15-11-6-8(13)2-3-10(11)14/h2-3,6,9H,4-5,7H2,1H3,(H,15,17). The Morgan fingerprint density at radius 2 is 2.10 bits per heavy atom. The Balaban J connectivity index is 2.06. The predicted octanol–water partition coefficient (Wildman–Crippen LogP) is 2.64. The maximum Gasteiger partial charge on any atom is 0.321 e. The topological polar surface area (TPSA) is 66.5 Å². The van der Waals surface area contributed by atoms with E-state index in [-0.39, 0.29) is 17.5 Å². The minimum absolute atomic E-state index is 0.000196. The second-order valence-electron chi connectivity index (χ2n) is 4.72. The highest BCUT2D eigenvalue weighted by molar-refractivity contribution is 7.91. The number of nitrogens with one attached hydrogen (secondary N) is 1. The zero-order valence-electron chi connectivity index (χ0n) is 10.8. The fourth-order valence-electron chi connectivity index (χ4n) is 2.04. The molecule has 0 aromatic heterocycles. The van der Waals surface area contributed by atoms with Gasteiger partial charge in [0.05, 0.1) is 22.2 Å². The lowest BCUT2D eigenvalue weighted by Crippen LogP contribution is -2.40. The fourth-order valence-corrected chi connectivity index (χ4v) is 4.15. The minimum Gasteiger partial charge on any atom is -0.324 e. The monoisotopic (exact) mass is 336 g/mol. The lowest BCUT2D eigenvalue weighted by atomic mass is 10.2. The number of anilines is 1. The highest BCUT2D eigenvalue weighted by atomic mass is 35.5. The first-order valence-corrected chi connectivity index (χ1v) is 8.55. The van der Waals surface area contributed by atoms with Gasteiger partial charge in [-0.1, -0.05) is 23.2 Å². The lowest BCUT2D eigenvalue weighted by Gasteiger charge is -2.24. The third-order valence-electron chi connectivity index (χ3n) is 3.25. The first-order valence-electron chi connectivity index (χ1n) is 5.98. The summed E-state index contributed by atoms with van der Waals surface area (Å²) < 4.78 is 22.9. The summed E-state index contributed by atoms with van der Waals surface area (Å²) in [6.45, 7) is 0. The molecule has 0 aliphatic carbocycles. The van der Waals surface area contributed by atoms with Gasteiger partial charge < -0.3 is 10.2 Å². The van der Waals surface area contributed by atoms with Crippen LogP contribution >= 0.6 is 23.2 Å². The maximum atomic E-state index is 12.1. The van der Waals surface area contributed by atoms with Crippen molar-refractivity contribution in [2.75, 3.05) is 23.9 Å². The minimum atomic E-state index is -3.03. The van der Waals surface area contributed by atoms with E-state index in [1.54, 1.807) is 25.2 Å². The molecule has 1 fully saturated rings. The molecular formula is C12H14Cl2N2O3S. The van der Waals surface area contributed by atoms with Gasteiger partial charge in [0.25, 0.3) is 0 Å². The number of carbonyl (C=O) groups excluding carboxylic acids is 1. The van der Waals surface area contributed by atoms with E-state index in [1.807, 2.05) is 0 Å². The van der Waals surface area contributed by atoms with Crippen molar-refractivity contribution in [3.8, 4) is 0 Å². The first kappa shape index (κ1) is 15.4. The summed E-state index contributed by atoms with van der Waals surface area (Å²) in [6, 6.07) is 4.03. The van der Waals surface area contributed by atoms with Gasteiger partial charge in [-0.15, -0.1) is 0 Å². The number of sulfone groups is 1. The van der Waals surface area contributed by atoms with Crippen molar-refractivity contribution in [3.63, 3.8) is 0 Å². The number of urea groups is 1. The number of halogens is 2. The number of hydrogen-bond donors (Lipinski definition) is 1. The summed E-state index contributed by atoms with van der Waals surface area (Å²) in [4.78, 5) is 13.5. The molecule has 1 aliphatic heterocycles. The number of rotatable bonds is 2. The Labute approximate surface area is 127 Å². The summed E-state index contributed by atoms with van der Waals surface area (Å²) in [7, 11) is -1.46. The van der Waals surface area contributed by atoms with Crippen molar-refractivity contribution >= 4 is 44.8 Å². The molecule has 1 aromatic rings. The van der Waals surface area contributed by atoms with E-state index < -0.39 is 15.9 Å². The number of nitrogens with zero attached hydrogens (tertiary/aromatic N) is 1. The molecule has 110 valence electrons. The molecule has 2 amide bonds. The van der Waals surface area contributed by atoms with Gasteiger partial charge in [-0.2, -0.15) is 0 Å². The van der Waals surface area contributed by atoms with Crippen LogP contribution in [0.5, 0.6) is 0 Å². The molecule has 0 radical (unpaired) electrons. The Morgan fingerprint density at radius 1 is 1.40 bits per heavy atom. The molecule has 1 unspecified atom stereocenters. The van der Waals surface area contributed by atoms with E-state index in [0.29, 0.717) is 22.2 Å². The number of hydrogen-bond acceptors (Lipinski definition) is 3. The van der Waals surface area contributed by atoms with Gasteiger partial charge >= 0.3 is 6.03 Å². The van der Waals surface area contributed by atoms with Crippen molar-refractivity contribution in [1.29, 1.82) is 0 Å². The molecule has 20 heavy (non-hydrogen) atoms. The Morgan fingerprint density at radius 3 is 2.70 bits per heavy atom. The third-order valence-corrected chi connectivity index (χ3v) is 5.56. The molecule has 0 bridgehead atoms. The average Bonchev–Trinajstić information content (AvgIpc) is 2.73. The molecule has 0 saturated carbocycles. The normalized spacial score (nSPS) is 20.6. The molecule has 2 rings (SSSR count). The quantitative estimate of drug-likeness (QED) is 0.902. The van der Waals surface area contributed by atoms with Gasteiger partial charge in [0.15, 0.2) is 9.84 Å². The summed E-state index contributed by atoms with van der Waals surface area (Å²) in [6.07, 6.45) is 0.454. The molecule has 1 aromatic carbocycles. The SMILES string of the molecule is CN(C(=O)Nc1cc(Cl)ccc1Cl)C1CCS(=O)(=O)C1. The van der Waals surface area contributed by atoms with Crippen LogP contribution in [0.4, 0.5) is 10.5 Å². The zero-order valence-corrected chi connectivity index (χ0v) is 13.1. The van der Waals surface area contributed by atoms with Gasteiger partial charge in [-0.05, 0) is 24.6 Å². The lowest BCUT2D eigenvalue weighted by molar-refractivity contribution is 0.209. The molecule has 0 spiro atoms. The summed E-state index contributed by atoms with van der Waals surface area (Å²) >= 11 is 11.8. The Hall–Kier alpha value is -0.980. The molecular weight excluding hydrogens is 323 g/mol. The smallest absolute Gasteiger partial charge is 0.321 e. The van der Waals surface area contributed by atoms with E-state index in [4.69, 9.17) is 23.2 Å². The summed E-state index contributed by atoms with van der Waals surface area (Å²) in [5, 5.41) is 3.46. The largest absolute Gasteiger partial charge is 0.324 e. The summed E-state index contributed by atoms with van der Waals surface area (Å²) in [5.74, 6) is 0.118. The van der Waals surface area contributed by atoms with Crippen molar-refractivity contribution in [2.24, 2.45) is 0 Å². The van der Waals surface area contributed by atoms with Gasteiger partial charge in [0.2, 0.25) is 0 Å². The second kappa shape index (κ2) is 5.79. The van der Waals surface area contributed by atoms with Crippen LogP contribution in [0.1, 0.15) is 6.42 Å². The van der Waals surface area contributed by atoms with E-state index in [9.17, 15) is 13.2 Å². The van der Waals surface area contributed by atoms with Crippen LogP contribution in [0.2, 0.25) is 10.0 Å². The zero-order chi connectivity index (χ0) is 14.9. The first-order chi connectivity index (χ1) is 9.28.